The molecule has 3 nitrogen and oxygen atoms in total. The summed E-state index contributed by atoms with van der Waals surface area (Å²) in [5, 5.41) is 9.94. The standard InChI is InChI=1S/C6H11NO2/c1-6(2)4-3-5-7(6)9-8/h5H,3-4H2,1-2H3/p+1. The van der Waals surface area contributed by atoms with Crippen LogP contribution in [0.3, 0.4) is 0 Å². The lowest BCUT2D eigenvalue weighted by atomic mass is 10.0. The molecule has 1 aliphatic heterocycles. The molecule has 3 heteroatoms. The Balaban J connectivity index is 0.000000810. The SMILES string of the molecule is CC1(C)CCC=[N+]1O[O-].[H+]. The fraction of sp³-hybridized carbons (Fsp3) is 0.833. The van der Waals surface area contributed by atoms with Crippen molar-refractivity contribution in [1.82, 2.24) is 0 Å². The van der Waals surface area contributed by atoms with Gasteiger partial charge in [-0.3, -0.25) is 0 Å². The third-order valence-electron chi connectivity index (χ3n) is 1.73. The quantitative estimate of drug-likeness (QED) is 0.283. The van der Waals surface area contributed by atoms with Crippen molar-refractivity contribution in [3.8, 4) is 0 Å². The summed E-state index contributed by atoms with van der Waals surface area (Å²) in [6.45, 7) is 3.96. The normalized spacial score (nSPS) is 23.7. The molecule has 0 fully saturated rings. The largest absolute Gasteiger partial charge is 1.00 e. The van der Waals surface area contributed by atoms with Crippen molar-refractivity contribution in [2.24, 2.45) is 0 Å². The Morgan fingerprint density at radius 3 is 2.67 bits per heavy atom. The lowest BCUT2D eigenvalue weighted by Gasteiger charge is -2.15. The molecule has 0 unspecified atom stereocenters. The molecule has 1 aliphatic rings. The van der Waals surface area contributed by atoms with Crippen LogP contribution in [-0.2, 0) is 4.99 Å². The number of hydrogen-bond acceptors (Lipinski definition) is 2. The molecule has 0 atom stereocenters. The van der Waals surface area contributed by atoms with E-state index in [1.54, 1.807) is 6.21 Å². The van der Waals surface area contributed by atoms with Crippen molar-refractivity contribution in [2.75, 3.05) is 0 Å². The van der Waals surface area contributed by atoms with Gasteiger partial charge < -0.3 is 10.2 Å². The second-order valence-electron chi connectivity index (χ2n) is 2.93. The van der Waals surface area contributed by atoms with Gasteiger partial charge >= 0.3 is 1.43 Å². The van der Waals surface area contributed by atoms with Gasteiger partial charge in [-0.25, -0.2) is 0 Å². The zero-order valence-corrected chi connectivity index (χ0v) is 5.76. The maximum Gasteiger partial charge on any atom is 1.00 e. The Bertz CT molecular complexity index is 145. The smallest absolute Gasteiger partial charge is 0.598 e. The van der Waals surface area contributed by atoms with Gasteiger partial charge in [0.05, 0.1) is 0 Å². The minimum atomic E-state index is -0.0955. The predicted octanol–water partition coefficient (Wildman–Crippen LogP) is -0.0385. The van der Waals surface area contributed by atoms with Crippen LogP contribution < -0.4 is 5.26 Å². The van der Waals surface area contributed by atoms with Crippen molar-refractivity contribution in [3.05, 3.63) is 0 Å². The van der Waals surface area contributed by atoms with Crippen LogP contribution in [0, 0.1) is 0 Å². The molecule has 0 radical (unpaired) electrons. The summed E-state index contributed by atoms with van der Waals surface area (Å²) in [6, 6.07) is 0. The summed E-state index contributed by atoms with van der Waals surface area (Å²) >= 11 is 0. The Hall–Kier alpha value is -0.570. The van der Waals surface area contributed by atoms with Crippen LogP contribution in [0.4, 0.5) is 0 Å². The third kappa shape index (κ3) is 1.05. The highest BCUT2D eigenvalue weighted by Crippen LogP contribution is 2.19. The summed E-state index contributed by atoms with van der Waals surface area (Å²) in [4.78, 5) is 3.85. The zero-order chi connectivity index (χ0) is 6.91. The highest BCUT2D eigenvalue weighted by Gasteiger charge is 2.36. The minimum Gasteiger partial charge on any atom is -0.598 e. The fourth-order valence-electron chi connectivity index (χ4n) is 1.02. The third-order valence-corrected chi connectivity index (χ3v) is 1.73. The van der Waals surface area contributed by atoms with Crippen LogP contribution in [0.1, 0.15) is 28.1 Å². The molecular formula is C6H12NO2+. The summed E-state index contributed by atoms with van der Waals surface area (Å²) in [6.07, 6.45) is 3.72. The van der Waals surface area contributed by atoms with Crippen LogP contribution in [0.25, 0.3) is 0 Å². The molecular weight excluding hydrogens is 118 g/mol. The van der Waals surface area contributed by atoms with E-state index in [2.05, 4.69) is 4.99 Å². The van der Waals surface area contributed by atoms with E-state index in [-0.39, 0.29) is 6.97 Å². The maximum atomic E-state index is 9.94. The van der Waals surface area contributed by atoms with Gasteiger partial charge in [0.1, 0.15) is 0 Å². The molecule has 0 aromatic carbocycles. The molecule has 0 amide bonds. The van der Waals surface area contributed by atoms with Crippen LogP contribution in [0.2, 0.25) is 0 Å². The Labute approximate surface area is 55.9 Å². The summed E-state index contributed by atoms with van der Waals surface area (Å²) in [5.74, 6) is 0. The second kappa shape index (κ2) is 1.99. The lowest BCUT2D eigenvalue weighted by Crippen LogP contribution is -2.35. The van der Waals surface area contributed by atoms with E-state index < -0.39 is 0 Å². The van der Waals surface area contributed by atoms with Crippen molar-refractivity contribution < 1.29 is 16.4 Å². The van der Waals surface area contributed by atoms with Gasteiger partial charge in [-0.2, -0.15) is 0 Å². The average molecular weight is 130 g/mol. The van der Waals surface area contributed by atoms with Gasteiger partial charge in [-0.1, -0.05) is 0 Å². The molecule has 0 saturated heterocycles. The second-order valence-corrected chi connectivity index (χ2v) is 2.93. The average Bonchev–Trinajstić information content (AvgIpc) is 2.08. The number of hydrogen-bond donors (Lipinski definition) is 0. The van der Waals surface area contributed by atoms with Gasteiger partial charge in [0.15, 0.2) is 6.21 Å². The topological polar surface area (TPSA) is 35.3 Å². The molecule has 0 saturated carbocycles. The molecule has 0 bridgehead atoms. The van der Waals surface area contributed by atoms with E-state index >= 15 is 0 Å². The Morgan fingerprint density at radius 2 is 2.44 bits per heavy atom. The highest BCUT2D eigenvalue weighted by molar-refractivity contribution is 5.52. The van der Waals surface area contributed by atoms with Crippen molar-refractivity contribution in [3.63, 3.8) is 0 Å². The van der Waals surface area contributed by atoms with E-state index in [1.807, 2.05) is 13.8 Å². The summed E-state index contributed by atoms with van der Waals surface area (Å²) in [7, 11) is 0. The first kappa shape index (κ1) is 6.55. The van der Waals surface area contributed by atoms with Crippen LogP contribution in [0.5, 0.6) is 0 Å². The van der Waals surface area contributed by atoms with Gasteiger partial charge in [0, 0.05) is 26.7 Å². The monoisotopic (exact) mass is 130 g/mol. The molecule has 1 heterocycles. The molecule has 0 aromatic rings. The van der Waals surface area contributed by atoms with Gasteiger partial charge in [0.25, 0.3) is 0 Å². The number of hydroxylamine groups is 1. The molecule has 52 valence electrons. The van der Waals surface area contributed by atoms with Crippen LogP contribution >= 0.6 is 0 Å². The molecule has 1 rings (SSSR count). The van der Waals surface area contributed by atoms with Gasteiger partial charge in [-0.05, 0) is 4.74 Å². The first-order chi connectivity index (χ1) is 4.17. The van der Waals surface area contributed by atoms with Crippen LogP contribution in [0.15, 0.2) is 0 Å². The fourth-order valence-corrected chi connectivity index (χ4v) is 1.02. The van der Waals surface area contributed by atoms with E-state index in [1.165, 1.54) is 4.74 Å². The lowest BCUT2D eigenvalue weighted by molar-refractivity contribution is -1.03. The molecule has 0 aliphatic carbocycles. The van der Waals surface area contributed by atoms with E-state index in [0.717, 1.165) is 12.8 Å². The first-order valence-corrected chi connectivity index (χ1v) is 3.09. The van der Waals surface area contributed by atoms with Crippen LogP contribution in [-0.4, -0.2) is 16.5 Å². The van der Waals surface area contributed by atoms with Crippen molar-refractivity contribution >= 4 is 6.21 Å². The molecule has 0 spiro atoms. The first-order valence-electron chi connectivity index (χ1n) is 3.09. The zero-order valence-electron chi connectivity index (χ0n) is 6.76. The van der Waals surface area contributed by atoms with Gasteiger partial charge in [0.2, 0.25) is 5.54 Å². The summed E-state index contributed by atoms with van der Waals surface area (Å²) < 4.78 is 1.37. The summed E-state index contributed by atoms with van der Waals surface area (Å²) in [5.41, 5.74) is -0.0955. The Morgan fingerprint density at radius 1 is 1.78 bits per heavy atom. The maximum absolute atomic E-state index is 9.94. The van der Waals surface area contributed by atoms with E-state index in [9.17, 15) is 5.26 Å². The van der Waals surface area contributed by atoms with Crippen molar-refractivity contribution in [2.45, 2.75) is 32.2 Å². The number of rotatable bonds is 1. The van der Waals surface area contributed by atoms with Gasteiger partial charge in [-0.15, -0.1) is 0 Å². The van der Waals surface area contributed by atoms with E-state index in [4.69, 9.17) is 0 Å². The molecule has 0 aromatic heterocycles. The molecule has 0 N–H and O–H groups in total. The van der Waals surface area contributed by atoms with Crippen molar-refractivity contribution in [1.29, 1.82) is 0 Å². The minimum absolute atomic E-state index is 0. The Kier molecular flexibility index (Phi) is 1.45. The molecule has 9 heavy (non-hydrogen) atoms. The number of nitrogens with zero attached hydrogens (tertiary/aromatic N) is 1. The predicted molar refractivity (Wildman–Crippen MR) is 31.8 cm³/mol. The highest BCUT2D eigenvalue weighted by atomic mass is 17.2. The van der Waals surface area contributed by atoms with E-state index in [0.29, 0.717) is 0 Å².